The van der Waals surface area contributed by atoms with Crippen LogP contribution in [0.15, 0.2) is 66.7 Å². The highest BCUT2D eigenvalue weighted by atomic mass is 16.5. The van der Waals surface area contributed by atoms with E-state index in [-0.39, 0.29) is 12.5 Å². The van der Waals surface area contributed by atoms with Crippen LogP contribution >= 0.6 is 0 Å². The molecule has 0 fully saturated rings. The molecule has 1 aliphatic rings. The van der Waals surface area contributed by atoms with E-state index in [1.165, 1.54) is 21.3 Å². The molecule has 0 saturated heterocycles. The summed E-state index contributed by atoms with van der Waals surface area (Å²) >= 11 is 0. The van der Waals surface area contributed by atoms with Gasteiger partial charge in [0, 0.05) is 6.54 Å². The summed E-state index contributed by atoms with van der Waals surface area (Å²) in [6.07, 6.45) is 0.597. The summed E-state index contributed by atoms with van der Waals surface area (Å²) in [6, 6.07) is 20.3. The molecular weight excluding hydrogens is 498 g/mol. The van der Waals surface area contributed by atoms with Gasteiger partial charge >= 0.3 is 5.97 Å². The van der Waals surface area contributed by atoms with Crippen LogP contribution in [0.5, 0.6) is 17.2 Å². The number of benzene rings is 3. The number of esters is 1. The van der Waals surface area contributed by atoms with Gasteiger partial charge in [0.25, 0.3) is 0 Å². The van der Waals surface area contributed by atoms with E-state index < -0.39 is 17.9 Å². The van der Waals surface area contributed by atoms with E-state index in [9.17, 15) is 9.59 Å². The number of imidazole rings is 1. The lowest BCUT2D eigenvalue weighted by molar-refractivity contribution is -0.153. The van der Waals surface area contributed by atoms with Crippen molar-refractivity contribution in [2.24, 2.45) is 5.92 Å². The third-order valence-corrected chi connectivity index (χ3v) is 6.98. The number of ether oxygens (including phenoxy) is 4. The molecule has 5 rings (SSSR count). The second-order valence-electron chi connectivity index (χ2n) is 9.13. The fourth-order valence-corrected chi connectivity index (χ4v) is 5.22. The van der Waals surface area contributed by atoms with Crippen LogP contribution in [0.1, 0.15) is 24.1 Å². The zero-order chi connectivity index (χ0) is 27.5. The Labute approximate surface area is 226 Å². The Morgan fingerprint density at radius 3 is 2.23 bits per heavy atom. The Morgan fingerprint density at radius 1 is 0.923 bits per heavy atom. The second kappa shape index (κ2) is 11.1. The minimum absolute atomic E-state index is 0.145. The van der Waals surface area contributed by atoms with Crippen LogP contribution in [-0.2, 0) is 20.7 Å². The summed E-state index contributed by atoms with van der Waals surface area (Å²) in [5, 5.41) is 0. The van der Waals surface area contributed by atoms with Crippen molar-refractivity contribution < 1.29 is 28.5 Å². The highest BCUT2D eigenvalue weighted by Crippen LogP contribution is 2.46. The third kappa shape index (κ3) is 4.65. The number of carbonyl (C=O) groups excluding carboxylic acids is 2. The predicted octanol–water partition coefficient (Wildman–Crippen LogP) is 4.42. The van der Waals surface area contributed by atoms with Crippen LogP contribution in [0.3, 0.4) is 0 Å². The summed E-state index contributed by atoms with van der Waals surface area (Å²) < 4.78 is 24.1. The molecular formula is C30H31N3O6. The first-order valence-corrected chi connectivity index (χ1v) is 12.8. The molecule has 0 spiro atoms. The molecule has 3 aromatic carbocycles. The van der Waals surface area contributed by atoms with Crippen LogP contribution in [0.25, 0.3) is 11.0 Å². The van der Waals surface area contributed by atoms with E-state index in [1.54, 1.807) is 24.0 Å². The van der Waals surface area contributed by atoms with Gasteiger partial charge in [-0.25, -0.2) is 4.98 Å². The summed E-state index contributed by atoms with van der Waals surface area (Å²) in [6.45, 7) is 2.22. The smallest absolute Gasteiger partial charge is 0.321 e. The minimum atomic E-state index is -1.16. The highest BCUT2D eigenvalue weighted by Gasteiger charge is 2.48. The Bertz CT molecular complexity index is 1470. The Balaban J connectivity index is 1.73. The number of carbonyl (C=O) groups is 2. The molecule has 4 aromatic rings. The molecule has 0 bridgehead atoms. The molecule has 2 atom stereocenters. The summed E-state index contributed by atoms with van der Waals surface area (Å²) in [4.78, 5) is 34.2. The molecule has 0 aliphatic carbocycles. The number of nitrogens with zero attached hydrogens (tertiary/aromatic N) is 3. The lowest BCUT2D eigenvalue weighted by Gasteiger charge is -2.38. The quantitative estimate of drug-likeness (QED) is 0.234. The zero-order valence-corrected chi connectivity index (χ0v) is 22.4. The average Bonchev–Trinajstić information content (AvgIpc) is 3.35. The van der Waals surface area contributed by atoms with E-state index >= 15 is 0 Å². The first-order chi connectivity index (χ1) is 19.0. The maximum atomic E-state index is 14.2. The number of anilines is 1. The number of para-hydroxylation sites is 2. The lowest BCUT2D eigenvalue weighted by Crippen LogP contribution is -2.50. The molecule has 9 nitrogen and oxygen atoms in total. The second-order valence-corrected chi connectivity index (χ2v) is 9.13. The van der Waals surface area contributed by atoms with Crippen LogP contribution in [-0.4, -0.2) is 55.9 Å². The van der Waals surface area contributed by atoms with Crippen molar-refractivity contribution in [3.63, 3.8) is 0 Å². The number of rotatable bonds is 9. The van der Waals surface area contributed by atoms with Gasteiger partial charge in [-0.2, -0.15) is 0 Å². The molecule has 0 N–H and O–H groups in total. The number of methoxy groups -OCH3 is 3. The molecule has 1 aliphatic heterocycles. The van der Waals surface area contributed by atoms with Crippen molar-refractivity contribution >= 4 is 28.9 Å². The number of amides is 1. The Morgan fingerprint density at radius 2 is 1.59 bits per heavy atom. The molecule has 1 aromatic heterocycles. The SMILES string of the molecule is CCOC(=O)[C@H]1C(=O)N(CCc2ccccc2)c2nc3ccccc3n2[C@H]1c1cc(OC)c(OC)c(OC)c1. The van der Waals surface area contributed by atoms with Gasteiger partial charge in [-0.3, -0.25) is 14.5 Å². The first-order valence-electron chi connectivity index (χ1n) is 12.8. The van der Waals surface area contributed by atoms with Crippen LogP contribution in [0.2, 0.25) is 0 Å². The van der Waals surface area contributed by atoms with Crippen molar-refractivity contribution in [1.82, 2.24) is 9.55 Å². The Kier molecular flexibility index (Phi) is 7.40. The molecule has 0 saturated carbocycles. The van der Waals surface area contributed by atoms with E-state index in [2.05, 4.69) is 0 Å². The van der Waals surface area contributed by atoms with Gasteiger partial charge in [0.05, 0.1) is 45.0 Å². The van der Waals surface area contributed by atoms with Gasteiger partial charge in [-0.15, -0.1) is 0 Å². The summed E-state index contributed by atoms with van der Waals surface area (Å²) in [5.74, 6) is -0.414. The van der Waals surface area contributed by atoms with Gasteiger partial charge in [0.1, 0.15) is 0 Å². The molecule has 9 heteroatoms. The Hall–Kier alpha value is -4.53. The molecule has 39 heavy (non-hydrogen) atoms. The molecule has 2 heterocycles. The molecule has 202 valence electrons. The molecule has 1 amide bonds. The van der Waals surface area contributed by atoms with E-state index in [0.29, 0.717) is 47.2 Å². The monoisotopic (exact) mass is 529 g/mol. The van der Waals surface area contributed by atoms with Crippen LogP contribution in [0, 0.1) is 5.92 Å². The van der Waals surface area contributed by atoms with Crippen LogP contribution in [0.4, 0.5) is 5.95 Å². The topological polar surface area (TPSA) is 92.1 Å². The van der Waals surface area contributed by atoms with Crippen LogP contribution < -0.4 is 19.1 Å². The largest absolute Gasteiger partial charge is 0.493 e. The van der Waals surface area contributed by atoms with Gasteiger partial charge in [0.15, 0.2) is 17.4 Å². The fraction of sp³-hybridized carbons (Fsp3) is 0.300. The van der Waals surface area contributed by atoms with Crippen molar-refractivity contribution in [3.8, 4) is 17.2 Å². The van der Waals surface area contributed by atoms with Gasteiger partial charge in [-0.05, 0) is 48.7 Å². The molecule has 0 unspecified atom stereocenters. The number of fused-ring (bicyclic) bond motifs is 3. The summed E-state index contributed by atoms with van der Waals surface area (Å²) in [7, 11) is 4.58. The fourth-order valence-electron chi connectivity index (χ4n) is 5.22. The van der Waals surface area contributed by atoms with Crippen molar-refractivity contribution in [1.29, 1.82) is 0 Å². The van der Waals surface area contributed by atoms with Crippen molar-refractivity contribution in [2.75, 3.05) is 39.4 Å². The number of hydrogen-bond donors (Lipinski definition) is 0. The highest BCUT2D eigenvalue weighted by molar-refractivity contribution is 6.08. The maximum Gasteiger partial charge on any atom is 0.321 e. The predicted molar refractivity (Wildman–Crippen MR) is 147 cm³/mol. The first kappa shape index (κ1) is 26.1. The average molecular weight is 530 g/mol. The minimum Gasteiger partial charge on any atom is -0.493 e. The lowest BCUT2D eigenvalue weighted by atomic mass is 9.88. The van der Waals surface area contributed by atoms with Crippen molar-refractivity contribution in [2.45, 2.75) is 19.4 Å². The van der Waals surface area contributed by atoms with E-state index in [4.69, 9.17) is 23.9 Å². The number of aromatic nitrogens is 2. The van der Waals surface area contributed by atoms with E-state index in [0.717, 1.165) is 11.1 Å². The van der Waals surface area contributed by atoms with E-state index in [1.807, 2.05) is 59.2 Å². The maximum absolute atomic E-state index is 14.2. The van der Waals surface area contributed by atoms with Gasteiger partial charge in [-0.1, -0.05) is 42.5 Å². The third-order valence-electron chi connectivity index (χ3n) is 6.98. The van der Waals surface area contributed by atoms with Crippen molar-refractivity contribution in [3.05, 3.63) is 77.9 Å². The number of hydrogen-bond acceptors (Lipinski definition) is 7. The molecule has 0 radical (unpaired) electrons. The summed E-state index contributed by atoms with van der Waals surface area (Å²) in [5.41, 5.74) is 3.21. The normalized spacial score (nSPS) is 16.6. The zero-order valence-electron chi connectivity index (χ0n) is 22.4. The standard InChI is InChI=1S/C30H31N3O6/c1-5-39-29(35)25-26(20-17-23(36-2)27(38-4)24(18-20)37-3)33-22-14-10-9-13-21(22)31-30(33)32(28(25)34)16-15-19-11-7-6-8-12-19/h6-14,17-18,25-26H,5,15-16H2,1-4H3/t25-,26+/m1/s1. The van der Waals surface area contributed by atoms with Gasteiger partial charge in [0.2, 0.25) is 17.6 Å². The van der Waals surface area contributed by atoms with Gasteiger partial charge < -0.3 is 23.5 Å².